The van der Waals surface area contributed by atoms with E-state index in [0.29, 0.717) is 17.7 Å². The lowest BCUT2D eigenvalue weighted by atomic mass is 9.96. The quantitative estimate of drug-likeness (QED) is 0.737. The molecule has 25 heavy (non-hydrogen) atoms. The lowest BCUT2D eigenvalue weighted by Crippen LogP contribution is -2.39. The van der Waals surface area contributed by atoms with Crippen molar-refractivity contribution in [3.63, 3.8) is 0 Å². The van der Waals surface area contributed by atoms with E-state index in [-0.39, 0.29) is 0 Å². The van der Waals surface area contributed by atoms with Gasteiger partial charge in [0, 0.05) is 37.5 Å². The highest BCUT2D eigenvalue weighted by molar-refractivity contribution is 7.98. The molecule has 1 saturated heterocycles. The Bertz CT molecular complexity index is 763. The zero-order valence-corrected chi connectivity index (χ0v) is 16.5. The Morgan fingerprint density at radius 1 is 1.32 bits per heavy atom. The van der Waals surface area contributed by atoms with Crippen molar-refractivity contribution in [3.05, 3.63) is 18.2 Å². The number of thiazole rings is 1. The number of anilines is 1. The fraction of sp³-hybridized carbons (Fsp3) is 0.579. The molecule has 1 aliphatic carbocycles. The molecule has 0 spiro atoms. The Balaban J connectivity index is 1.35. The number of thioether (sulfide) groups is 1. The van der Waals surface area contributed by atoms with E-state index in [9.17, 15) is 4.79 Å². The second-order valence-electron chi connectivity index (χ2n) is 7.25. The Morgan fingerprint density at radius 3 is 2.76 bits per heavy atom. The molecule has 1 aromatic heterocycles. The van der Waals surface area contributed by atoms with Gasteiger partial charge in [0.2, 0.25) is 5.91 Å². The van der Waals surface area contributed by atoms with Crippen LogP contribution in [0.25, 0.3) is 10.2 Å². The third kappa shape index (κ3) is 3.80. The normalized spacial score (nSPS) is 18.7. The molecule has 2 aromatic rings. The average molecular weight is 376 g/mol. The van der Waals surface area contributed by atoms with Crippen molar-refractivity contribution in [1.82, 2.24) is 9.88 Å². The fourth-order valence-corrected chi connectivity index (χ4v) is 5.15. The van der Waals surface area contributed by atoms with Gasteiger partial charge in [-0.1, -0.05) is 11.3 Å². The van der Waals surface area contributed by atoms with E-state index in [2.05, 4.69) is 29.4 Å². The van der Waals surface area contributed by atoms with Crippen molar-refractivity contribution in [2.45, 2.75) is 30.6 Å². The number of rotatable bonds is 5. The van der Waals surface area contributed by atoms with Crippen LogP contribution in [0.1, 0.15) is 25.7 Å². The minimum Gasteiger partial charge on any atom is -0.348 e. The maximum atomic E-state index is 12.1. The van der Waals surface area contributed by atoms with E-state index in [4.69, 9.17) is 4.98 Å². The molecule has 1 aliphatic heterocycles. The van der Waals surface area contributed by atoms with Crippen LogP contribution in [0.5, 0.6) is 0 Å². The highest BCUT2D eigenvalue weighted by atomic mass is 32.2. The SMILES string of the molecule is CSc1ccc2nc(N3CCC(CN(C)C(=O)C4CC4)CC3)sc2c1. The van der Waals surface area contributed by atoms with Crippen molar-refractivity contribution < 1.29 is 4.79 Å². The number of hydrogen-bond donors (Lipinski definition) is 0. The summed E-state index contributed by atoms with van der Waals surface area (Å²) in [6.07, 6.45) is 6.59. The van der Waals surface area contributed by atoms with Crippen LogP contribution in [0.3, 0.4) is 0 Å². The summed E-state index contributed by atoms with van der Waals surface area (Å²) in [5, 5.41) is 1.15. The highest BCUT2D eigenvalue weighted by Crippen LogP contribution is 2.34. The molecule has 6 heteroatoms. The molecule has 4 rings (SSSR count). The monoisotopic (exact) mass is 375 g/mol. The van der Waals surface area contributed by atoms with Gasteiger partial charge in [-0.25, -0.2) is 4.98 Å². The largest absolute Gasteiger partial charge is 0.348 e. The van der Waals surface area contributed by atoms with Crippen LogP contribution in [-0.2, 0) is 4.79 Å². The van der Waals surface area contributed by atoms with Gasteiger partial charge in [-0.2, -0.15) is 0 Å². The molecule has 2 aliphatic rings. The Hall–Kier alpha value is -1.27. The van der Waals surface area contributed by atoms with Crippen molar-refractivity contribution >= 4 is 44.4 Å². The van der Waals surface area contributed by atoms with Gasteiger partial charge in [0.15, 0.2) is 5.13 Å². The number of hydrogen-bond acceptors (Lipinski definition) is 5. The van der Waals surface area contributed by atoms with Crippen LogP contribution < -0.4 is 4.90 Å². The van der Waals surface area contributed by atoms with Crippen molar-refractivity contribution in [3.8, 4) is 0 Å². The zero-order valence-electron chi connectivity index (χ0n) is 14.9. The lowest BCUT2D eigenvalue weighted by molar-refractivity contribution is -0.131. The first-order valence-corrected chi connectivity index (χ1v) is 11.1. The highest BCUT2D eigenvalue weighted by Gasteiger charge is 2.33. The molecule has 2 fully saturated rings. The molecule has 4 nitrogen and oxygen atoms in total. The average Bonchev–Trinajstić information content (AvgIpc) is 3.40. The number of carbonyl (C=O) groups excluding carboxylic acids is 1. The second kappa shape index (κ2) is 7.16. The van der Waals surface area contributed by atoms with E-state index in [0.717, 1.165) is 56.0 Å². The maximum absolute atomic E-state index is 12.1. The van der Waals surface area contributed by atoms with Gasteiger partial charge in [-0.05, 0) is 56.1 Å². The second-order valence-corrected chi connectivity index (χ2v) is 9.14. The Kier molecular flexibility index (Phi) is 4.91. The summed E-state index contributed by atoms with van der Waals surface area (Å²) < 4.78 is 1.28. The number of benzene rings is 1. The molecule has 1 aromatic carbocycles. The molecule has 0 bridgehead atoms. The number of piperidine rings is 1. The van der Waals surface area contributed by atoms with Crippen LogP contribution >= 0.6 is 23.1 Å². The predicted molar refractivity (Wildman–Crippen MR) is 107 cm³/mol. The molecule has 134 valence electrons. The van der Waals surface area contributed by atoms with Gasteiger partial charge < -0.3 is 9.80 Å². The number of fused-ring (bicyclic) bond motifs is 1. The van der Waals surface area contributed by atoms with E-state index < -0.39 is 0 Å². The molecule has 0 N–H and O–H groups in total. The first-order chi connectivity index (χ1) is 12.1. The van der Waals surface area contributed by atoms with Crippen LogP contribution in [0.2, 0.25) is 0 Å². The molecule has 0 unspecified atom stereocenters. The minimum atomic E-state index is 0.332. The van der Waals surface area contributed by atoms with E-state index in [1.165, 1.54) is 9.60 Å². The zero-order chi connectivity index (χ0) is 17.4. The lowest BCUT2D eigenvalue weighted by Gasteiger charge is -2.33. The summed E-state index contributed by atoms with van der Waals surface area (Å²) in [5.74, 6) is 1.32. The topological polar surface area (TPSA) is 36.4 Å². The van der Waals surface area contributed by atoms with Crippen molar-refractivity contribution in [2.75, 3.05) is 37.8 Å². The first kappa shape index (κ1) is 17.2. The summed E-state index contributed by atoms with van der Waals surface area (Å²) in [6.45, 7) is 3.01. The third-order valence-corrected chi connectivity index (χ3v) is 7.11. The number of amides is 1. The summed E-state index contributed by atoms with van der Waals surface area (Å²) in [6, 6.07) is 6.52. The van der Waals surface area contributed by atoms with Crippen LogP contribution in [0.4, 0.5) is 5.13 Å². The summed E-state index contributed by atoms with van der Waals surface area (Å²) in [7, 11) is 1.98. The molecule has 1 saturated carbocycles. The van der Waals surface area contributed by atoms with E-state index in [1.54, 1.807) is 23.1 Å². The van der Waals surface area contributed by atoms with Crippen LogP contribution in [0, 0.1) is 11.8 Å². The number of aromatic nitrogens is 1. The van der Waals surface area contributed by atoms with Gasteiger partial charge in [0.1, 0.15) is 0 Å². The van der Waals surface area contributed by atoms with E-state index in [1.807, 2.05) is 11.9 Å². The number of carbonyl (C=O) groups is 1. The van der Waals surface area contributed by atoms with Gasteiger partial charge in [0.05, 0.1) is 10.2 Å². The molecule has 0 atom stereocenters. The third-order valence-electron chi connectivity index (χ3n) is 5.30. The van der Waals surface area contributed by atoms with Gasteiger partial charge in [0.25, 0.3) is 0 Å². The van der Waals surface area contributed by atoms with Crippen molar-refractivity contribution in [1.29, 1.82) is 0 Å². The summed E-state index contributed by atoms with van der Waals surface area (Å²) in [4.78, 5) is 22.6. The number of nitrogens with zero attached hydrogens (tertiary/aromatic N) is 3. The van der Waals surface area contributed by atoms with Crippen molar-refractivity contribution in [2.24, 2.45) is 11.8 Å². The molecular weight excluding hydrogens is 350 g/mol. The molecule has 2 heterocycles. The van der Waals surface area contributed by atoms with E-state index >= 15 is 0 Å². The van der Waals surface area contributed by atoms with Gasteiger partial charge in [-0.15, -0.1) is 11.8 Å². The van der Waals surface area contributed by atoms with Crippen LogP contribution in [-0.4, -0.2) is 48.7 Å². The Labute approximate surface area is 157 Å². The van der Waals surface area contributed by atoms with Gasteiger partial charge in [-0.3, -0.25) is 4.79 Å². The standard InChI is InChI=1S/C19H25N3OS2/c1-21(18(23)14-3-4-14)12-13-7-9-22(10-8-13)19-20-16-6-5-15(24-2)11-17(16)25-19/h5-6,11,13-14H,3-4,7-10,12H2,1-2H3. The molecule has 1 amide bonds. The summed E-state index contributed by atoms with van der Waals surface area (Å²) >= 11 is 3.58. The first-order valence-electron chi connectivity index (χ1n) is 9.08. The van der Waals surface area contributed by atoms with Crippen LogP contribution in [0.15, 0.2) is 23.1 Å². The predicted octanol–water partition coefficient (Wildman–Crippen LogP) is 4.10. The smallest absolute Gasteiger partial charge is 0.225 e. The maximum Gasteiger partial charge on any atom is 0.225 e. The molecule has 0 radical (unpaired) electrons. The summed E-state index contributed by atoms with van der Waals surface area (Å²) in [5.41, 5.74) is 1.11. The fourth-order valence-electron chi connectivity index (χ4n) is 3.58. The van der Waals surface area contributed by atoms with Gasteiger partial charge >= 0.3 is 0 Å². The minimum absolute atomic E-state index is 0.332. The molecular formula is C19H25N3OS2. The Morgan fingerprint density at radius 2 is 2.08 bits per heavy atom.